The van der Waals surface area contributed by atoms with Gasteiger partial charge in [-0.2, -0.15) is 0 Å². The Balaban J connectivity index is 1.37. The van der Waals surface area contributed by atoms with Crippen LogP contribution >= 0.6 is 0 Å². The van der Waals surface area contributed by atoms with Crippen molar-refractivity contribution in [3.63, 3.8) is 0 Å². The smallest absolute Gasteiger partial charge is 0.437 e. The Kier molecular flexibility index (Phi) is 7.35. The van der Waals surface area contributed by atoms with Gasteiger partial charge in [0.15, 0.2) is 5.96 Å². The minimum Gasteiger partial charge on any atom is -0.443 e. The molecule has 1 fully saturated rings. The number of anilines is 1. The molecule has 2 aromatic heterocycles. The van der Waals surface area contributed by atoms with Gasteiger partial charge in [0.05, 0.1) is 5.71 Å². The van der Waals surface area contributed by atoms with Gasteiger partial charge in [0.2, 0.25) is 5.95 Å². The number of aromatic nitrogens is 4. The SMILES string of the molecule is NC(N)=NC(=O)OCc1cccc(-c2cnc(N3CCC(=NOc4ncccn4)CC3)nc2)c1F. The Morgan fingerprint density at radius 2 is 1.77 bits per heavy atom. The molecular weight excluding hydrogens is 457 g/mol. The standard InChI is InChI=1S/C22H22FN9O3/c23-18-14(13-34-22(33)30-19(24)25)3-1-4-17(18)15-11-28-20(29-12-15)32-9-5-16(6-10-32)31-35-21-26-7-2-8-27-21/h1-4,7-8,11-12H,5-6,9-10,13H2,(H4,24,25,30,33). The van der Waals surface area contributed by atoms with Gasteiger partial charge in [-0.25, -0.2) is 29.1 Å². The zero-order chi connectivity index (χ0) is 24.6. The van der Waals surface area contributed by atoms with Crippen molar-refractivity contribution in [1.29, 1.82) is 0 Å². The van der Waals surface area contributed by atoms with Crippen LogP contribution in [0.1, 0.15) is 18.4 Å². The van der Waals surface area contributed by atoms with Crippen LogP contribution in [0.2, 0.25) is 0 Å². The zero-order valence-corrected chi connectivity index (χ0v) is 18.5. The number of piperidine rings is 1. The van der Waals surface area contributed by atoms with Gasteiger partial charge in [-0.15, -0.1) is 4.99 Å². The summed E-state index contributed by atoms with van der Waals surface area (Å²) in [4.78, 5) is 38.7. The molecule has 4 N–H and O–H groups in total. The average molecular weight is 479 g/mol. The van der Waals surface area contributed by atoms with Gasteiger partial charge in [0, 0.05) is 67.4 Å². The molecule has 0 aliphatic carbocycles. The maximum Gasteiger partial charge on any atom is 0.437 e. The van der Waals surface area contributed by atoms with Gasteiger partial charge in [0.25, 0.3) is 0 Å². The molecule has 4 rings (SSSR count). The highest BCUT2D eigenvalue weighted by molar-refractivity contribution is 5.88. The number of hydrogen-bond donors (Lipinski definition) is 2. The largest absolute Gasteiger partial charge is 0.443 e. The number of ether oxygens (including phenoxy) is 1. The lowest BCUT2D eigenvalue weighted by Gasteiger charge is -2.27. The molecular formula is C22H22FN9O3. The molecule has 180 valence electrons. The highest BCUT2D eigenvalue weighted by Crippen LogP contribution is 2.26. The van der Waals surface area contributed by atoms with Crippen molar-refractivity contribution in [2.45, 2.75) is 19.4 Å². The molecule has 1 aromatic carbocycles. The van der Waals surface area contributed by atoms with Crippen LogP contribution < -0.4 is 21.2 Å². The number of nitrogens with zero attached hydrogens (tertiary/aromatic N) is 7. The predicted octanol–water partition coefficient (Wildman–Crippen LogP) is 2.02. The number of amides is 1. The summed E-state index contributed by atoms with van der Waals surface area (Å²) in [6.45, 7) is 0.983. The molecule has 13 heteroatoms. The minimum atomic E-state index is -1.00. The van der Waals surface area contributed by atoms with Gasteiger partial charge in [-0.1, -0.05) is 23.4 Å². The van der Waals surface area contributed by atoms with Crippen molar-refractivity contribution in [1.82, 2.24) is 19.9 Å². The fourth-order valence-corrected chi connectivity index (χ4v) is 3.31. The second-order valence-corrected chi connectivity index (χ2v) is 7.41. The van der Waals surface area contributed by atoms with Crippen molar-refractivity contribution < 1.29 is 18.8 Å². The van der Waals surface area contributed by atoms with Crippen LogP contribution in [0.15, 0.2) is 59.2 Å². The number of rotatable bonds is 6. The first-order valence-electron chi connectivity index (χ1n) is 10.6. The molecule has 1 aliphatic heterocycles. The monoisotopic (exact) mass is 479 g/mol. The molecule has 1 amide bonds. The van der Waals surface area contributed by atoms with Crippen molar-refractivity contribution in [3.8, 4) is 17.1 Å². The van der Waals surface area contributed by atoms with E-state index in [0.717, 1.165) is 5.71 Å². The third kappa shape index (κ3) is 6.22. The zero-order valence-electron chi connectivity index (χ0n) is 18.5. The van der Waals surface area contributed by atoms with Crippen LogP contribution in [0.4, 0.5) is 15.1 Å². The Morgan fingerprint density at radius 3 is 2.46 bits per heavy atom. The van der Waals surface area contributed by atoms with Crippen molar-refractivity contribution in [2.24, 2.45) is 21.6 Å². The van der Waals surface area contributed by atoms with Gasteiger partial charge in [-0.3, -0.25) is 0 Å². The van der Waals surface area contributed by atoms with Crippen LogP contribution in [-0.4, -0.2) is 50.8 Å². The van der Waals surface area contributed by atoms with Crippen LogP contribution in [-0.2, 0) is 11.3 Å². The van der Waals surface area contributed by atoms with E-state index in [1.54, 1.807) is 43.0 Å². The first-order valence-corrected chi connectivity index (χ1v) is 10.6. The lowest BCUT2D eigenvalue weighted by molar-refractivity contribution is 0.149. The number of oxime groups is 1. The number of nitrogens with two attached hydrogens (primary N) is 2. The van der Waals surface area contributed by atoms with E-state index in [-0.39, 0.29) is 23.7 Å². The fourth-order valence-electron chi connectivity index (χ4n) is 3.31. The number of halogens is 1. The van der Waals surface area contributed by atoms with Crippen LogP contribution in [0.3, 0.4) is 0 Å². The number of carbonyl (C=O) groups excluding carboxylic acids is 1. The summed E-state index contributed by atoms with van der Waals surface area (Å²) in [6, 6.07) is 6.63. The lowest BCUT2D eigenvalue weighted by atomic mass is 10.1. The van der Waals surface area contributed by atoms with E-state index >= 15 is 0 Å². The third-order valence-corrected chi connectivity index (χ3v) is 5.02. The molecule has 0 atom stereocenters. The second-order valence-electron chi connectivity index (χ2n) is 7.41. The number of benzene rings is 1. The summed E-state index contributed by atoms with van der Waals surface area (Å²) in [5, 5.41) is 4.12. The van der Waals surface area contributed by atoms with Crippen molar-refractivity contribution >= 4 is 23.7 Å². The minimum absolute atomic E-state index is 0.164. The maximum atomic E-state index is 15.0. The summed E-state index contributed by atoms with van der Waals surface area (Å²) >= 11 is 0. The predicted molar refractivity (Wildman–Crippen MR) is 125 cm³/mol. The summed E-state index contributed by atoms with van der Waals surface area (Å²) in [5.41, 5.74) is 12.1. The summed E-state index contributed by atoms with van der Waals surface area (Å²) in [7, 11) is 0. The Morgan fingerprint density at radius 1 is 1.06 bits per heavy atom. The van der Waals surface area contributed by atoms with E-state index in [4.69, 9.17) is 21.0 Å². The van der Waals surface area contributed by atoms with Crippen molar-refractivity contribution in [2.75, 3.05) is 18.0 Å². The van der Waals surface area contributed by atoms with E-state index in [0.29, 0.717) is 37.4 Å². The van der Waals surface area contributed by atoms with E-state index in [1.807, 2.05) is 4.90 Å². The molecule has 0 spiro atoms. The molecule has 0 saturated carbocycles. The number of hydrogen-bond acceptors (Lipinski definition) is 9. The first kappa shape index (κ1) is 23.5. The summed E-state index contributed by atoms with van der Waals surface area (Å²) < 4.78 is 19.9. The highest BCUT2D eigenvalue weighted by Gasteiger charge is 2.19. The Bertz CT molecular complexity index is 1220. The maximum absolute atomic E-state index is 15.0. The molecule has 0 radical (unpaired) electrons. The van der Waals surface area contributed by atoms with Gasteiger partial charge >= 0.3 is 12.1 Å². The molecule has 12 nitrogen and oxygen atoms in total. The highest BCUT2D eigenvalue weighted by atomic mass is 19.1. The second kappa shape index (κ2) is 11.0. The quantitative estimate of drug-likeness (QED) is 0.303. The number of aliphatic imine (C=N–C) groups is 1. The van der Waals surface area contributed by atoms with E-state index < -0.39 is 17.9 Å². The molecule has 3 heterocycles. The normalized spacial score (nSPS) is 13.2. The molecule has 3 aromatic rings. The molecule has 1 aliphatic rings. The van der Waals surface area contributed by atoms with E-state index in [9.17, 15) is 9.18 Å². The van der Waals surface area contributed by atoms with Crippen LogP contribution in [0.25, 0.3) is 11.1 Å². The van der Waals surface area contributed by atoms with E-state index in [2.05, 4.69) is 30.1 Å². The molecule has 0 unspecified atom stereocenters. The fraction of sp³-hybridized carbons (Fsp3) is 0.227. The van der Waals surface area contributed by atoms with E-state index in [1.165, 1.54) is 6.07 Å². The molecule has 0 bridgehead atoms. The van der Waals surface area contributed by atoms with Gasteiger partial charge in [-0.05, 0) is 6.07 Å². The van der Waals surface area contributed by atoms with Crippen LogP contribution in [0, 0.1) is 5.82 Å². The molecule has 1 saturated heterocycles. The topological polar surface area (TPSA) is 167 Å². The average Bonchev–Trinajstić information content (AvgIpc) is 2.88. The Hall–Kier alpha value is -4.68. The number of carbonyl (C=O) groups is 1. The van der Waals surface area contributed by atoms with Gasteiger partial charge < -0.3 is 25.9 Å². The Labute approximate surface area is 199 Å². The number of guanidine groups is 1. The van der Waals surface area contributed by atoms with Crippen molar-refractivity contribution in [3.05, 3.63) is 60.4 Å². The van der Waals surface area contributed by atoms with Gasteiger partial charge in [0.1, 0.15) is 12.4 Å². The van der Waals surface area contributed by atoms with Crippen LogP contribution in [0.5, 0.6) is 6.01 Å². The first-order chi connectivity index (χ1) is 17.0. The third-order valence-electron chi connectivity index (χ3n) is 5.02. The lowest BCUT2D eigenvalue weighted by Crippen LogP contribution is -2.35. The summed E-state index contributed by atoms with van der Waals surface area (Å²) in [6.07, 6.45) is 6.61. The molecule has 35 heavy (non-hydrogen) atoms. The summed E-state index contributed by atoms with van der Waals surface area (Å²) in [5.74, 6) is -0.459.